The lowest BCUT2D eigenvalue weighted by atomic mass is 10.1. The predicted octanol–water partition coefficient (Wildman–Crippen LogP) is 4.13. The summed E-state index contributed by atoms with van der Waals surface area (Å²) in [6.45, 7) is 7.42. The number of aryl methyl sites for hydroxylation is 1. The largest absolute Gasteiger partial charge is 0.334 e. The molecule has 0 aliphatic heterocycles. The summed E-state index contributed by atoms with van der Waals surface area (Å²) in [4.78, 5) is 4.40. The van der Waals surface area contributed by atoms with Crippen LogP contribution in [0.15, 0.2) is 12.4 Å². The van der Waals surface area contributed by atoms with Crippen LogP contribution in [-0.2, 0) is 13.1 Å². The Morgan fingerprint density at radius 2 is 1.68 bits per heavy atom. The van der Waals surface area contributed by atoms with Crippen LogP contribution in [0.25, 0.3) is 0 Å². The average Bonchev–Trinajstić information content (AvgIpc) is 2.87. The average molecular weight is 265 g/mol. The molecule has 3 nitrogen and oxygen atoms in total. The van der Waals surface area contributed by atoms with Gasteiger partial charge in [-0.05, 0) is 13.0 Å². The number of nitrogens with one attached hydrogen (secondary N) is 1. The van der Waals surface area contributed by atoms with Gasteiger partial charge in [0.25, 0.3) is 0 Å². The minimum absolute atomic E-state index is 0.889. The van der Waals surface area contributed by atoms with Gasteiger partial charge in [0.2, 0.25) is 0 Å². The fourth-order valence-corrected chi connectivity index (χ4v) is 2.36. The lowest BCUT2D eigenvalue weighted by molar-refractivity contribution is 0.528. The summed E-state index contributed by atoms with van der Waals surface area (Å²) in [7, 11) is 0. The first-order valence-electron chi connectivity index (χ1n) is 8.09. The summed E-state index contributed by atoms with van der Waals surface area (Å²) in [5, 5.41) is 3.34. The van der Waals surface area contributed by atoms with Crippen molar-refractivity contribution in [3.05, 3.63) is 18.2 Å². The molecule has 1 rings (SSSR count). The molecule has 0 amide bonds. The smallest absolute Gasteiger partial charge is 0.122 e. The number of hydrogen-bond acceptors (Lipinski definition) is 2. The van der Waals surface area contributed by atoms with Crippen LogP contribution in [0.2, 0.25) is 0 Å². The van der Waals surface area contributed by atoms with Crippen LogP contribution in [0.3, 0.4) is 0 Å². The quantitative estimate of drug-likeness (QED) is 0.576. The first kappa shape index (κ1) is 16.2. The van der Waals surface area contributed by atoms with E-state index in [0.29, 0.717) is 0 Å². The van der Waals surface area contributed by atoms with Crippen molar-refractivity contribution in [3.8, 4) is 0 Å². The Morgan fingerprint density at radius 3 is 2.37 bits per heavy atom. The van der Waals surface area contributed by atoms with E-state index in [1.165, 1.54) is 57.2 Å². The molecule has 0 spiro atoms. The molecule has 0 atom stereocenters. The van der Waals surface area contributed by atoms with Crippen molar-refractivity contribution in [1.82, 2.24) is 14.9 Å². The Bertz CT molecular complexity index is 307. The third kappa shape index (κ3) is 7.36. The van der Waals surface area contributed by atoms with Gasteiger partial charge < -0.3 is 9.88 Å². The molecule has 1 heterocycles. The van der Waals surface area contributed by atoms with Crippen molar-refractivity contribution in [2.24, 2.45) is 0 Å². The van der Waals surface area contributed by atoms with E-state index in [4.69, 9.17) is 0 Å². The lowest BCUT2D eigenvalue weighted by Gasteiger charge is -2.08. The Balaban J connectivity index is 2.04. The highest BCUT2D eigenvalue weighted by Gasteiger charge is 2.01. The van der Waals surface area contributed by atoms with Crippen LogP contribution in [-0.4, -0.2) is 16.1 Å². The second kappa shape index (κ2) is 11.0. The van der Waals surface area contributed by atoms with E-state index in [1.807, 2.05) is 6.20 Å². The summed E-state index contributed by atoms with van der Waals surface area (Å²) < 4.78 is 2.29. The third-order valence-electron chi connectivity index (χ3n) is 3.59. The van der Waals surface area contributed by atoms with Gasteiger partial charge in [-0.2, -0.15) is 0 Å². The van der Waals surface area contributed by atoms with Gasteiger partial charge in [0.1, 0.15) is 5.82 Å². The van der Waals surface area contributed by atoms with Gasteiger partial charge in [0.15, 0.2) is 0 Å². The molecule has 0 saturated carbocycles. The highest BCUT2D eigenvalue weighted by molar-refractivity contribution is 4.91. The van der Waals surface area contributed by atoms with E-state index in [0.717, 1.165) is 19.6 Å². The Labute approximate surface area is 118 Å². The first-order valence-corrected chi connectivity index (χ1v) is 8.09. The van der Waals surface area contributed by atoms with Crippen molar-refractivity contribution in [2.45, 2.75) is 78.3 Å². The van der Waals surface area contributed by atoms with E-state index < -0.39 is 0 Å². The standard InChI is InChI=1S/C16H31N3/c1-3-5-6-7-8-9-10-11-13-19-14-12-18-16(19)15-17-4-2/h12,14,17H,3-11,13,15H2,1-2H3. The number of hydrogen-bond donors (Lipinski definition) is 1. The molecule has 3 heteroatoms. The van der Waals surface area contributed by atoms with Crippen molar-refractivity contribution < 1.29 is 0 Å². The molecular formula is C16H31N3. The Hall–Kier alpha value is -0.830. The molecule has 0 radical (unpaired) electrons. The summed E-state index contributed by atoms with van der Waals surface area (Å²) >= 11 is 0. The van der Waals surface area contributed by atoms with Gasteiger partial charge in [-0.3, -0.25) is 0 Å². The SMILES string of the molecule is CCCCCCCCCCn1ccnc1CNCC. The minimum Gasteiger partial charge on any atom is -0.334 e. The van der Waals surface area contributed by atoms with Crippen LogP contribution in [0.1, 0.15) is 71.0 Å². The molecule has 1 N–H and O–H groups in total. The summed E-state index contributed by atoms with van der Waals surface area (Å²) in [6, 6.07) is 0. The summed E-state index contributed by atoms with van der Waals surface area (Å²) in [6.07, 6.45) is 15.0. The fourth-order valence-electron chi connectivity index (χ4n) is 2.36. The van der Waals surface area contributed by atoms with Gasteiger partial charge in [0.05, 0.1) is 6.54 Å². The van der Waals surface area contributed by atoms with Crippen LogP contribution in [0.4, 0.5) is 0 Å². The zero-order valence-corrected chi connectivity index (χ0v) is 12.8. The Kier molecular flexibility index (Phi) is 9.42. The first-order chi connectivity index (χ1) is 9.38. The predicted molar refractivity (Wildman–Crippen MR) is 82.2 cm³/mol. The number of imidazole rings is 1. The number of aromatic nitrogens is 2. The van der Waals surface area contributed by atoms with Crippen molar-refractivity contribution >= 4 is 0 Å². The van der Waals surface area contributed by atoms with Crippen LogP contribution in [0, 0.1) is 0 Å². The van der Waals surface area contributed by atoms with E-state index in [1.54, 1.807) is 0 Å². The highest BCUT2D eigenvalue weighted by atomic mass is 15.1. The van der Waals surface area contributed by atoms with E-state index >= 15 is 0 Å². The zero-order valence-electron chi connectivity index (χ0n) is 12.8. The molecule has 0 saturated heterocycles. The maximum absolute atomic E-state index is 4.40. The zero-order chi connectivity index (χ0) is 13.8. The molecule has 0 aliphatic rings. The lowest BCUT2D eigenvalue weighted by Crippen LogP contribution is -2.16. The Morgan fingerprint density at radius 1 is 1.00 bits per heavy atom. The van der Waals surface area contributed by atoms with E-state index in [-0.39, 0.29) is 0 Å². The number of nitrogens with zero attached hydrogens (tertiary/aromatic N) is 2. The van der Waals surface area contributed by atoms with Gasteiger partial charge in [-0.25, -0.2) is 4.98 Å². The minimum atomic E-state index is 0.889. The number of rotatable bonds is 12. The highest BCUT2D eigenvalue weighted by Crippen LogP contribution is 2.09. The summed E-state index contributed by atoms with van der Waals surface area (Å²) in [5.74, 6) is 1.17. The van der Waals surface area contributed by atoms with Gasteiger partial charge in [0, 0.05) is 18.9 Å². The van der Waals surface area contributed by atoms with Gasteiger partial charge >= 0.3 is 0 Å². The second-order valence-electron chi connectivity index (χ2n) is 5.29. The molecule has 110 valence electrons. The van der Waals surface area contributed by atoms with Crippen LogP contribution < -0.4 is 5.32 Å². The maximum Gasteiger partial charge on any atom is 0.122 e. The van der Waals surface area contributed by atoms with E-state index in [9.17, 15) is 0 Å². The molecule has 0 unspecified atom stereocenters. The molecular weight excluding hydrogens is 234 g/mol. The summed E-state index contributed by atoms with van der Waals surface area (Å²) in [5.41, 5.74) is 0. The van der Waals surface area contributed by atoms with Crippen molar-refractivity contribution in [2.75, 3.05) is 6.54 Å². The molecule has 0 aliphatic carbocycles. The molecule has 0 bridgehead atoms. The van der Waals surface area contributed by atoms with E-state index in [2.05, 4.69) is 34.9 Å². The number of unbranched alkanes of at least 4 members (excludes halogenated alkanes) is 7. The third-order valence-corrected chi connectivity index (χ3v) is 3.59. The van der Waals surface area contributed by atoms with Crippen molar-refractivity contribution in [3.63, 3.8) is 0 Å². The van der Waals surface area contributed by atoms with Crippen LogP contribution >= 0.6 is 0 Å². The second-order valence-corrected chi connectivity index (χ2v) is 5.29. The maximum atomic E-state index is 4.40. The molecule has 0 fully saturated rings. The molecule has 1 aromatic heterocycles. The van der Waals surface area contributed by atoms with Crippen LogP contribution in [0.5, 0.6) is 0 Å². The van der Waals surface area contributed by atoms with Crippen molar-refractivity contribution in [1.29, 1.82) is 0 Å². The topological polar surface area (TPSA) is 29.9 Å². The molecule has 0 aromatic carbocycles. The van der Waals surface area contributed by atoms with Gasteiger partial charge in [-0.1, -0.05) is 58.8 Å². The normalized spacial score (nSPS) is 11.1. The molecule has 1 aromatic rings. The molecule has 19 heavy (non-hydrogen) atoms. The monoisotopic (exact) mass is 265 g/mol. The van der Waals surface area contributed by atoms with Gasteiger partial charge in [-0.15, -0.1) is 0 Å². The fraction of sp³-hybridized carbons (Fsp3) is 0.812.